The first kappa shape index (κ1) is 12.6. The molecule has 2 aliphatic rings. The van der Waals surface area contributed by atoms with E-state index in [1.54, 1.807) is 19.2 Å². The first-order valence-corrected chi connectivity index (χ1v) is 7.07. The summed E-state index contributed by atoms with van der Waals surface area (Å²) < 4.78 is 5.09. The van der Waals surface area contributed by atoms with Crippen LogP contribution < -0.4 is 10.1 Å². The molecule has 19 heavy (non-hydrogen) atoms. The number of carbonyl (C=O) groups is 1. The molecule has 1 aromatic rings. The van der Waals surface area contributed by atoms with Gasteiger partial charge in [0.2, 0.25) is 5.88 Å². The van der Waals surface area contributed by atoms with Crippen molar-refractivity contribution in [2.45, 2.75) is 44.2 Å². The van der Waals surface area contributed by atoms with Gasteiger partial charge in [0.1, 0.15) is 5.69 Å². The van der Waals surface area contributed by atoms with Gasteiger partial charge in [-0.05, 0) is 31.7 Å². The molecule has 3 heterocycles. The highest BCUT2D eigenvalue weighted by Gasteiger charge is 2.35. The molecule has 0 saturated carbocycles. The smallest absolute Gasteiger partial charge is 0.213 e. The highest BCUT2D eigenvalue weighted by Crippen LogP contribution is 2.31. The fourth-order valence-corrected chi connectivity index (χ4v) is 3.35. The van der Waals surface area contributed by atoms with Crippen LogP contribution in [0.5, 0.6) is 5.88 Å². The van der Waals surface area contributed by atoms with Gasteiger partial charge in [0.15, 0.2) is 5.78 Å². The van der Waals surface area contributed by atoms with Gasteiger partial charge in [0, 0.05) is 24.1 Å². The Kier molecular flexibility index (Phi) is 3.51. The number of pyridine rings is 1. The van der Waals surface area contributed by atoms with Crippen molar-refractivity contribution in [3.05, 3.63) is 23.9 Å². The van der Waals surface area contributed by atoms with E-state index in [-0.39, 0.29) is 11.7 Å². The number of ketones is 1. The van der Waals surface area contributed by atoms with Crippen LogP contribution >= 0.6 is 0 Å². The minimum atomic E-state index is 0.121. The number of Topliss-reactive ketones (excluding diaryl/α,β-unsaturated/α-hetero) is 1. The van der Waals surface area contributed by atoms with Crippen molar-refractivity contribution in [2.24, 2.45) is 5.92 Å². The Balaban J connectivity index is 1.76. The number of piperidine rings is 2. The maximum absolute atomic E-state index is 12.6. The van der Waals surface area contributed by atoms with E-state index in [1.807, 2.05) is 6.07 Å². The number of aromatic nitrogens is 1. The summed E-state index contributed by atoms with van der Waals surface area (Å²) in [6, 6.07) is 6.44. The minimum absolute atomic E-state index is 0.121. The predicted octanol–water partition coefficient (Wildman–Crippen LogP) is 2.19. The molecule has 102 valence electrons. The SMILES string of the molecule is COc1cccc(C(=O)C2CC3CCCC(C2)N3)n1. The van der Waals surface area contributed by atoms with Gasteiger partial charge in [-0.3, -0.25) is 4.79 Å². The van der Waals surface area contributed by atoms with Crippen LogP contribution in [0.15, 0.2) is 18.2 Å². The molecule has 1 N–H and O–H groups in total. The second-order valence-corrected chi connectivity index (χ2v) is 5.59. The Hall–Kier alpha value is -1.42. The van der Waals surface area contributed by atoms with Crippen LogP contribution in [-0.2, 0) is 0 Å². The minimum Gasteiger partial charge on any atom is -0.481 e. The van der Waals surface area contributed by atoms with E-state index in [0.717, 1.165) is 12.8 Å². The summed E-state index contributed by atoms with van der Waals surface area (Å²) in [5.74, 6) is 0.813. The van der Waals surface area contributed by atoms with Crippen molar-refractivity contribution < 1.29 is 9.53 Å². The summed E-state index contributed by atoms with van der Waals surface area (Å²) in [6.07, 6.45) is 5.60. The Labute approximate surface area is 113 Å². The summed E-state index contributed by atoms with van der Waals surface area (Å²) in [6.45, 7) is 0. The van der Waals surface area contributed by atoms with Crippen molar-refractivity contribution in [1.82, 2.24) is 10.3 Å². The zero-order valence-corrected chi connectivity index (χ0v) is 11.3. The standard InChI is InChI=1S/C15H20N2O2/c1-19-14-7-3-6-13(17-14)15(18)10-8-11-4-2-5-12(9-10)16-11/h3,6-7,10-12,16H,2,4-5,8-9H2,1H3. The first-order valence-electron chi connectivity index (χ1n) is 7.07. The number of fused-ring (bicyclic) bond motifs is 2. The fourth-order valence-electron chi connectivity index (χ4n) is 3.35. The van der Waals surface area contributed by atoms with Crippen LogP contribution in [0.25, 0.3) is 0 Å². The topological polar surface area (TPSA) is 51.2 Å². The number of nitrogens with one attached hydrogen (secondary N) is 1. The lowest BCUT2D eigenvalue weighted by atomic mass is 9.78. The molecular weight excluding hydrogens is 240 g/mol. The number of nitrogens with zero attached hydrogens (tertiary/aromatic N) is 1. The van der Waals surface area contributed by atoms with Crippen LogP contribution in [0.2, 0.25) is 0 Å². The van der Waals surface area contributed by atoms with Crippen LogP contribution in [0, 0.1) is 5.92 Å². The molecule has 1 aromatic heterocycles. The number of hydrogen-bond acceptors (Lipinski definition) is 4. The average Bonchev–Trinajstić information content (AvgIpc) is 2.46. The molecule has 4 heteroatoms. The monoisotopic (exact) mass is 260 g/mol. The molecular formula is C15H20N2O2. The summed E-state index contributed by atoms with van der Waals surface area (Å²) in [7, 11) is 1.57. The number of carbonyl (C=O) groups excluding carboxylic acids is 1. The van der Waals surface area contributed by atoms with Gasteiger partial charge in [0.05, 0.1) is 7.11 Å². The molecule has 2 unspecified atom stereocenters. The first-order chi connectivity index (χ1) is 9.26. The molecule has 0 aromatic carbocycles. The van der Waals surface area contributed by atoms with Gasteiger partial charge in [-0.2, -0.15) is 0 Å². The third-order valence-electron chi connectivity index (χ3n) is 4.27. The number of methoxy groups -OCH3 is 1. The van der Waals surface area contributed by atoms with Gasteiger partial charge in [-0.15, -0.1) is 0 Å². The lowest BCUT2D eigenvalue weighted by Gasteiger charge is -2.39. The molecule has 2 bridgehead atoms. The zero-order valence-electron chi connectivity index (χ0n) is 11.3. The van der Waals surface area contributed by atoms with E-state index in [2.05, 4.69) is 10.3 Å². The number of hydrogen-bond donors (Lipinski definition) is 1. The zero-order chi connectivity index (χ0) is 13.2. The van der Waals surface area contributed by atoms with Gasteiger partial charge >= 0.3 is 0 Å². The van der Waals surface area contributed by atoms with Crippen LogP contribution in [0.1, 0.15) is 42.6 Å². The number of ether oxygens (including phenoxy) is 1. The Morgan fingerprint density at radius 1 is 1.32 bits per heavy atom. The lowest BCUT2D eigenvalue weighted by Crippen LogP contribution is -2.50. The normalized spacial score (nSPS) is 29.8. The second-order valence-electron chi connectivity index (χ2n) is 5.59. The van der Waals surface area contributed by atoms with Gasteiger partial charge in [-0.1, -0.05) is 12.5 Å². The van der Waals surface area contributed by atoms with E-state index in [0.29, 0.717) is 23.7 Å². The summed E-state index contributed by atoms with van der Waals surface area (Å²) in [5.41, 5.74) is 0.546. The summed E-state index contributed by atoms with van der Waals surface area (Å²) >= 11 is 0. The van der Waals surface area contributed by atoms with Crippen LogP contribution in [-0.4, -0.2) is 30.0 Å². The summed E-state index contributed by atoms with van der Waals surface area (Å²) in [4.78, 5) is 16.8. The molecule has 2 saturated heterocycles. The van der Waals surface area contributed by atoms with Crippen molar-refractivity contribution in [3.8, 4) is 5.88 Å². The molecule has 0 radical (unpaired) electrons. The van der Waals surface area contributed by atoms with Gasteiger partial charge in [0.25, 0.3) is 0 Å². The van der Waals surface area contributed by atoms with E-state index >= 15 is 0 Å². The van der Waals surface area contributed by atoms with E-state index in [4.69, 9.17) is 4.74 Å². The van der Waals surface area contributed by atoms with Gasteiger partial charge in [-0.25, -0.2) is 4.98 Å². The third-order valence-corrected chi connectivity index (χ3v) is 4.27. The van der Waals surface area contributed by atoms with Gasteiger partial charge < -0.3 is 10.1 Å². The largest absolute Gasteiger partial charge is 0.481 e. The van der Waals surface area contributed by atoms with Crippen molar-refractivity contribution in [1.29, 1.82) is 0 Å². The second kappa shape index (κ2) is 5.29. The van der Waals surface area contributed by atoms with Crippen molar-refractivity contribution >= 4 is 5.78 Å². The molecule has 0 amide bonds. The van der Waals surface area contributed by atoms with Crippen LogP contribution in [0.3, 0.4) is 0 Å². The molecule has 4 nitrogen and oxygen atoms in total. The van der Waals surface area contributed by atoms with Crippen molar-refractivity contribution in [2.75, 3.05) is 7.11 Å². The molecule has 2 atom stereocenters. The lowest BCUT2D eigenvalue weighted by molar-refractivity contribution is 0.0819. The Morgan fingerprint density at radius 2 is 2.05 bits per heavy atom. The molecule has 2 fully saturated rings. The van der Waals surface area contributed by atoms with Crippen molar-refractivity contribution in [3.63, 3.8) is 0 Å². The highest BCUT2D eigenvalue weighted by atomic mass is 16.5. The van der Waals surface area contributed by atoms with E-state index in [1.165, 1.54) is 19.3 Å². The van der Waals surface area contributed by atoms with Crippen LogP contribution in [0.4, 0.5) is 0 Å². The van der Waals surface area contributed by atoms with E-state index < -0.39 is 0 Å². The number of rotatable bonds is 3. The summed E-state index contributed by atoms with van der Waals surface area (Å²) in [5, 5.41) is 3.61. The molecule has 0 aliphatic carbocycles. The molecule has 0 spiro atoms. The fraction of sp³-hybridized carbons (Fsp3) is 0.600. The highest BCUT2D eigenvalue weighted by molar-refractivity contribution is 5.96. The Bertz CT molecular complexity index is 463. The average molecular weight is 260 g/mol. The third kappa shape index (κ3) is 2.63. The quantitative estimate of drug-likeness (QED) is 0.846. The molecule has 2 aliphatic heterocycles. The Morgan fingerprint density at radius 3 is 2.74 bits per heavy atom. The maximum Gasteiger partial charge on any atom is 0.213 e. The van der Waals surface area contributed by atoms with E-state index in [9.17, 15) is 4.79 Å². The maximum atomic E-state index is 12.6. The predicted molar refractivity (Wildman–Crippen MR) is 72.4 cm³/mol. The molecule has 3 rings (SSSR count).